The number of nitrogens with one attached hydrogen (secondary N) is 1. The Labute approximate surface area is 90.9 Å². The number of rotatable bonds is 5. The summed E-state index contributed by atoms with van der Waals surface area (Å²) in [5.41, 5.74) is 0.930. The van der Waals surface area contributed by atoms with Gasteiger partial charge in [0.05, 0.1) is 12.6 Å². The van der Waals surface area contributed by atoms with E-state index in [9.17, 15) is 4.79 Å². The van der Waals surface area contributed by atoms with Crippen LogP contribution in [-0.2, 0) is 9.53 Å². The fraction of sp³-hybridized carbons (Fsp3) is 0.750. The van der Waals surface area contributed by atoms with Crippen molar-refractivity contribution in [3.63, 3.8) is 0 Å². The molecule has 2 rings (SSSR count). The Balaban J connectivity index is 1.94. The Morgan fingerprint density at radius 1 is 1.73 bits per heavy atom. The maximum absolute atomic E-state index is 12.0. The van der Waals surface area contributed by atoms with Gasteiger partial charge >= 0.3 is 0 Å². The van der Waals surface area contributed by atoms with Crippen LogP contribution in [0, 0.1) is 0 Å². The summed E-state index contributed by atoms with van der Waals surface area (Å²) in [4.78, 5) is 12.0. The summed E-state index contributed by atoms with van der Waals surface area (Å²) in [7, 11) is 1.85. The van der Waals surface area contributed by atoms with Crippen LogP contribution in [0.25, 0.3) is 0 Å². The number of ketones is 1. The van der Waals surface area contributed by atoms with Gasteiger partial charge in [-0.2, -0.15) is 0 Å². The molecule has 3 nitrogen and oxygen atoms in total. The van der Waals surface area contributed by atoms with Gasteiger partial charge in [0.2, 0.25) is 0 Å². The summed E-state index contributed by atoms with van der Waals surface area (Å²) in [6.07, 6.45) is 6.70. The molecule has 2 aliphatic rings. The molecule has 1 heterocycles. The molecular formula is C12H19NO2. The zero-order valence-corrected chi connectivity index (χ0v) is 9.51. The molecule has 15 heavy (non-hydrogen) atoms. The molecular weight excluding hydrogens is 190 g/mol. The summed E-state index contributed by atoms with van der Waals surface area (Å²) in [6, 6.07) is -0.0677. The second-order valence-corrected chi connectivity index (χ2v) is 4.68. The molecule has 0 aromatic heterocycles. The first-order chi connectivity index (χ1) is 7.15. The van der Waals surface area contributed by atoms with E-state index in [4.69, 9.17) is 4.74 Å². The average Bonchev–Trinajstić information content (AvgIpc) is 2.80. The van der Waals surface area contributed by atoms with Crippen LogP contribution in [0.1, 0.15) is 32.6 Å². The topological polar surface area (TPSA) is 41.6 Å². The fourth-order valence-corrected chi connectivity index (χ4v) is 2.13. The average molecular weight is 209 g/mol. The molecule has 0 aromatic carbocycles. The molecule has 0 radical (unpaired) electrons. The van der Waals surface area contributed by atoms with Crippen molar-refractivity contribution in [3.05, 3.63) is 11.6 Å². The second kappa shape index (κ2) is 4.06. The van der Waals surface area contributed by atoms with Crippen LogP contribution < -0.4 is 5.32 Å². The highest BCUT2D eigenvalue weighted by Crippen LogP contribution is 2.31. The second-order valence-electron chi connectivity index (χ2n) is 4.68. The van der Waals surface area contributed by atoms with E-state index in [-0.39, 0.29) is 11.8 Å². The molecule has 0 amide bonds. The molecule has 0 spiro atoms. The van der Waals surface area contributed by atoms with Crippen LogP contribution >= 0.6 is 0 Å². The van der Waals surface area contributed by atoms with Crippen molar-refractivity contribution in [1.29, 1.82) is 0 Å². The van der Waals surface area contributed by atoms with Crippen molar-refractivity contribution in [2.24, 2.45) is 0 Å². The van der Waals surface area contributed by atoms with Crippen LogP contribution in [0.15, 0.2) is 11.6 Å². The molecule has 1 saturated heterocycles. The third kappa shape index (κ3) is 2.29. The highest BCUT2D eigenvalue weighted by Gasteiger charge is 2.49. The third-order valence-corrected chi connectivity index (χ3v) is 3.36. The number of carbonyl (C=O) groups excluding carboxylic acids is 1. The van der Waals surface area contributed by atoms with Gasteiger partial charge in [-0.1, -0.05) is 11.6 Å². The minimum Gasteiger partial charge on any atom is -0.362 e. The molecule has 1 N–H and O–H groups in total. The van der Waals surface area contributed by atoms with Gasteiger partial charge in [-0.3, -0.25) is 4.79 Å². The quantitative estimate of drug-likeness (QED) is 0.550. The first-order valence-corrected chi connectivity index (χ1v) is 5.69. The highest BCUT2D eigenvalue weighted by molar-refractivity contribution is 5.94. The molecule has 1 aliphatic carbocycles. The van der Waals surface area contributed by atoms with Crippen molar-refractivity contribution < 1.29 is 9.53 Å². The van der Waals surface area contributed by atoms with E-state index in [2.05, 4.69) is 11.4 Å². The number of likely N-dealkylation sites (N-methyl/N-ethyl adjacent to an activating group) is 1. The van der Waals surface area contributed by atoms with Gasteiger partial charge in [0.1, 0.15) is 5.60 Å². The third-order valence-electron chi connectivity index (χ3n) is 3.36. The van der Waals surface area contributed by atoms with E-state index in [0.29, 0.717) is 6.61 Å². The van der Waals surface area contributed by atoms with Crippen molar-refractivity contribution in [2.75, 3.05) is 13.7 Å². The van der Waals surface area contributed by atoms with Crippen molar-refractivity contribution >= 4 is 5.78 Å². The molecule has 0 aromatic rings. The zero-order chi connectivity index (χ0) is 10.9. The van der Waals surface area contributed by atoms with Gasteiger partial charge in [0, 0.05) is 0 Å². The minimum absolute atomic E-state index is 0.0677. The van der Waals surface area contributed by atoms with Crippen LogP contribution in [0.2, 0.25) is 0 Å². The predicted octanol–water partition coefficient (Wildman–Crippen LogP) is 1.43. The first kappa shape index (κ1) is 10.8. The van der Waals surface area contributed by atoms with Crippen LogP contribution in [-0.4, -0.2) is 31.1 Å². The summed E-state index contributed by atoms with van der Waals surface area (Å²) < 4.78 is 5.20. The number of carbonyl (C=O) groups is 1. The maximum atomic E-state index is 12.0. The highest BCUT2D eigenvalue weighted by atomic mass is 16.6. The minimum atomic E-state index is -0.493. The molecule has 0 bridgehead atoms. The van der Waals surface area contributed by atoms with Gasteiger partial charge in [-0.15, -0.1) is 0 Å². The smallest absolute Gasteiger partial charge is 0.183 e. The summed E-state index contributed by atoms with van der Waals surface area (Å²) in [5, 5.41) is 3.10. The van der Waals surface area contributed by atoms with Crippen LogP contribution in [0.3, 0.4) is 0 Å². The lowest BCUT2D eigenvalue weighted by atomic mass is 9.95. The Morgan fingerprint density at radius 3 is 2.93 bits per heavy atom. The predicted molar refractivity (Wildman–Crippen MR) is 58.8 cm³/mol. The van der Waals surface area contributed by atoms with Gasteiger partial charge in [-0.25, -0.2) is 0 Å². The monoisotopic (exact) mass is 209 g/mol. The molecule has 84 valence electrons. The van der Waals surface area contributed by atoms with E-state index in [1.165, 1.54) is 18.4 Å². The SMILES string of the molecule is CNC(CC1=CCCC1)C(=O)C1(C)CO1. The summed E-state index contributed by atoms with van der Waals surface area (Å²) in [5.74, 6) is 0.206. The molecule has 0 saturated carbocycles. The van der Waals surface area contributed by atoms with Crippen molar-refractivity contribution in [1.82, 2.24) is 5.32 Å². The van der Waals surface area contributed by atoms with Gasteiger partial charge in [-0.05, 0) is 39.7 Å². The zero-order valence-electron chi connectivity index (χ0n) is 9.51. The van der Waals surface area contributed by atoms with E-state index in [1.807, 2.05) is 14.0 Å². The standard InChI is InChI=1S/C12H19NO2/c1-12(8-15-12)11(14)10(13-2)7-9-5-3-4-6-9/h5,10,13H,3-4,6-8H2,1-2H3. The van der Waals surface area contributed by atoms with E-state index in [1.54, 1.807) is 0 Å². The van der Waals surface area contributed by atoms with Crippen LogP contribution in [0.5, 0.6) is 0 Å². The lowest BCUT2D eigenvalue weighted by Gasteiger charge is -2.17. The Bertz CT molecular complexity index is 292. The molecule has 2 unspecified atom stereocenters. The van der Waals surface area contributed by atoms with E-state index >= 15 is 0 Å². The van der Waals surface area contributed by atoms with E-state index < -0.39 is 5.60 Å². The van der Waals surface area contributed by atoms with Crippen LogP contribution in [0.4, 0.5) is 0 Å². The van der Waals surface area contributed by atoms with Crippen molar-refractivity contribution in [2.45, 2.75) is 44.2 Å². The van der Waals surface area contributed by atoms with Gasteiger partial charge in [0.25, 0.3) is 0 Å². The van der Waals surface area contributed by atoms with Crippen molar-refractivity contribution in [3.8, 4) is 0 Å². The number of allylic oxidation sites excluding steroid dienone is 1. The van der Waals surface area contributed by atoms with Gasteiger partial charge in [0.15, 0.2) is 5.78 Å². The number of ether oxygens (including phenoxy) is 1. The normalized spacial score (nSPS) is 31.2. The van der Waals surface area contributed by atoms with E-state index in [0.717, 1.165) is 12.8 Å². The van der Waals surface area contributed by atoms with Gasteiger partial charge < -0.3 is 10.1 Å². The number of epoxide rings is 1. The maximum Gasteiger partial charge on any atom is 0.183 e. The lowest BCUT2D eigenvalue weighted by molar-refractivity contribution is -0.125. The molecule has 1 aliphatic heterocycles. The molecule has 3 heteroatoms. The molecule has 2 atom stereocenters. The largest absolute Gasteiger partial charge is 0.362 e. The Hall–Kier alpha value is -0.670. The Kier molecular flexibility index (Phi) is 2.94. The Morgan fingerprint density at radius 2 is 2.47 bits per heavy atom. The number of hydrogen-bond acceptors (Lipinski definition) is 3. The lowest BCUT2D eigenvalue weighted by Crippen LogP contribution is -2.41. The summed E-state index contributed by atoms with van der Waals surface area (Å²) >= 11 is 0. The first-order valence-electron chi connectivity index (χ1n) is 5.69. The number of Topliss-reactive ketones (excluding diaryl/α,β-unsaturated/α-hetero) is 1. The fourth-order valence-electron chi connectivity index (χ4n) is 2.13. The number of hydrogen-bond donors (Lipinski definition) is 1. The summed E-state index contributed by atoms with van der Waals surface area (Å²) in [6.45, 7) is 2.46. The molecule has 1 fully saturated rings.